The van der Waals surface area contributed by atoms with Crippen molar-refractivity contribution < 1.29 is 9.59 Å². The quantitative estimate of drug-likeness (QED) is 0.717. The molecule has 0 saturated carbocycles. The number of hydrogen-bond donors (Lipinski definition) is 3. The summed E-state index contributed by atoms with van der Waals surface area (Å²) in [7, 11) is 0. The fraction of sp³-hybridized carbons (Fsp3) is 0.529. The van der Waals surface area contributed by atoms with Gasteiger partial charge in [-0.15, -0.1) is 12.4 Å². The summed E-state index contributed by atoms with van der Waals surface area (Å²) in [5, 5.41) is 9.38. The Hall–Kier alpha value is -1.30. The van der Waals surface area contributed by atoms with Gasteiger partial charge in [-0.3, -0.25) is 9.59 Å². The minimum atomic E-state index is -0.243. The first-order valence-corrected chi connectivity index (χ1v) is 8.45. The molecular weight excluding hydrogens is 349 g/mol. The van der Waals surface area contributed by atoms with Crippen LogP contribution in [-0.4, -0.2) is 31.4 Å². The highest BCUT2D eigenvalue weighted by Crippen LogP contribution is 2.22. The lowest BCUT2D eigenvalue weighted by Gasteiger charge is -2.27. The zero-order valence-electron chi connectivity index (χ0n) is 13.8. The number of anilines is 1. The van der Waals surface area contributed by atoms with Gasteiger partial charge < -0.3 is 16.0 Å². The molecule has 1 saturated heterocycles. The number of benzene rings is 1. The first kappa shape index (κ1) is 20.7. The lowest BCUT2D eigenvalue weighted by atomic mass is 9.85. The molecule has 2 rings (SSSR count). The first-order valence-electron chi connectivity index (χ1n) is 8.07. The Morgan fingerprint density at radius 1 is 1.29 bits per heavy atom. The number of amides is 2. The molecule has 1 fully saturated rings. The largest absolute Gasteiger partial charge is 0.347 e. The fourth-order valence-electron chi connectivity index (χ4n) is 2.81. The summed E-state index contributed by atoms with van der Waals surface area (Å²) in [5.74, 6) is 0.543. The van der Waals surface area contributed by atoms with Crippen LogP contribution in [0.2, 0.25) is 5.02 Å². The normalized spacial score (nSPS) is 18.2. The molecule has 24 heavy (non-hydrogen) atoms. The number of carbonyl (C=O) groups excluding carboxylic acids is 2. The smallest absolute Gasteiger partial charge is 0.243 e. The molecule has 0 aromatic heterocycles. The van der Waals surface area contributed by atoms with Crippen molar-refractivity contribution in [3.8, 4) is 0 Å². The third-order valence-electron chi connectivity index (χ3n) is 4.22. The van der Waals surface area contributed by atoms with Gasteiger partial charge in [0.15, 0.2) is 0 Å². The van der Waals surface area contributed by atoms with Crippen LogP contribution in [0.3, 0.4) is 0 Å². The monoisotopic (exact) mass is 373 g/mol. The van der Waals surface area contributed by atoms with Crippen molar-refractivity contribution in [3.63, 3.8) is 0 Å². The summed E-state index contributed by atoms with van der Waals surface area (Å²) in [6.45, 7) is 4.13. The van der Waals surface area contributed by atoms with Crippen molar-refractivity contribution in [1.29, 1.82) is 0 Å². The molecule has 0 aliphatic carbocycles. The lowest BCUT2D eigenvalue weighted by molar-refractivity contribution is -0.125. The highest BCUT2D eigenvalue weighted by atomic mass is 35.5. The number of piperidine rings is 1. The first-order chi connectivity index (χ1) is 11.0. The van der Waals surface area contributed by atoms with Crippen LogP contribution in [0.1, 0.15) is 26.2 Å². The predicted molar refractivity (Wildman–Crippen MR) is 99.7 cm³/mol. The number of nitrogens with one attached hydrogen (secondary N) is 3. The summed E-state index contributed by atoms with van der Waals surface area (Å²) < 4.78 is 0. The Bertz CT molecular complexity index is 531. The highest BCUT2D eigenvalue weighted by molar-refractivity contribution is 6.30. The van der Waals surface area contributed by atoms with Crippen molar-refractivity contribution >= 4 is 41.5 Å². The van der Waals surface area contributed by atoms with Crippen LogP contribution in [0.4, 0.5) is 5.69 Å². The molecule has 0 radical (unpaired) electrons. The molecule has 1 heterocycles. The highest BCUT2D eigenvalue weighted by Gasteiger charge is 2.22. The average molecular weight is 374 g/mol. The van der Waals surface area contributed by atoms with Gasteiger partial charge >= 0.3 is 0 Å². The van der Waals surface area contributed by atoms with Crippen LogP contribution < -0.4 is 16.0 Å². The van der Waals surface area contributed by atoms with Crippen molar-refractivity contribution in [2.75, 3.05) is 25.0 Å². The van der Waals surface area contributed by atoms with Crippen molar-refractivity contribution in [3.05, 3.63) is 29.3 Å². The number of hydrogen-bond acceptors (Lipinski definition) is 3. The third-order valence-corrected chi connectivity index (χ3v) is 4.47. The van der Waals surface area contributed by atoms with E-state index in [2.05, 4.69) is 22.9 Å². The van der Waals surface area contributed by atoms with Crippen molar-refractivity contribution in [2.45, 2.75) is 26.2 Å². The molecule has 7 heteroatoms. The lowest BCUT2D eigenvalue weighted by Crippen LogP contribution is -2.37. The summed E-state index contributed by atoms with van der Waals surface area (Å²) >= 11 is 5.79. The molecule has 134 valence electrons. The Kier molecular flexibility index (Phi) is 9.11. The molecule has 0 spiro atoms. The second kappa shape index (κ2) is 10.5. The molecule has 1 aliphatic rings. The number of halogens is 2. The van der Waals surface area contributed by atoms with Crippen LogP contribution in [0.15, 0.2) is 24.3 Å². The molecule has 0 bridgehead atoms. The summed E-state index contributed by atoms with van der Waals surface area (Å²) in [6, 6.07) is 6.85. The summed E-state index contributed by atoms with van der Waals surface area (Å²) in [6.07, 6.45) is 2.79. The molecular formula is C17H25Cl2N3O2. The predicted octanol–water partition coefficient (Wildman–Crippen LogP) is 2.84. The number of rotatable bonds is 6. The van der Waals surface area contributed by atoms with E-state index >= 15 is 0 Å². The van der Waals surface area contributed by atoms with E-state index in [0.717, 1.165) is 13.1 Å². The van der Waals surface area contributed by atoms with E-state index in [1.165, 1.54) is 12.8 Å². The van der Waals surface area contributed by atoms with E-state index in [9.17, 15) is 9.59 Å². The maximum absolute atomic E-state index is 12.0. The third kappa shape index (κ3) is 7.07. The molecule has 1 aromatic rings. The maximum atomic E-state index is 12.0. The molecule has 1 aliphatic heterocycles. The van der Waals surface area contributed by atoms with Crippen LogP contribution in [-0.2, 0) is 9.59 Å². The van der Waals surface area contributed by atoms with Gasteiger partial charge in [0.05, 0.1) is 6.54 Å². The van der Waals surface area contributed by atoms with Gasteiger partial charge in [-0.05, 0) is 62.0 Å². The Morgan fingerprint density at radius 2 is 2.00 bits per heavy atom. The van der Waals surface area contributed by atoms with E-state index < -0.39 is 0 Å². The summed E-state index contributed by atoms with van der Waals surface area (Å²) in [5.41, 5.74) is 0.662. The zero-order valence-corrected chi connectivity index (χ0v) is 15.4. The molecule has 2 amide bonds. The van der Waals surface area contributed by atoms with E-state index in [1.807, 2.05) is 0 Å². The maximum Gasteiger partial charge on any atom is 0.243 e. The Labute approximate surface area is 154 Å². The van der Waals surface area contributed by atoms with Crippen LogP contribution in [0.5, 0.6) is 0 Å². The van der Waals surface area contributed by atoms with Crippen LogP contribution >= 0.6 is 24.0 Å². The van der Waals surface area contributed by atoms with E-state index in [-0.39, 0.29) is 30.8 Å². The standard InChI is InChI=1S/C17H24ClN3O2.ClH/c1-12(13-3-2-8-19-10-13)9-16(22)20-11-17(23)21-15-6-4-14(18)5-7-15;/h4-7,12-13,19H,2-3,8-11H2,1H3,(H,20,22)(H,21,23);1H. The Morgan fingerprint density at radius 3 is 2.62 bits per heavy atom. The van der Waals surface area contributed by atoms with Gasteiger partial charge in [0.2, 0.25) is 11.8 Å². The van der Waals surface area contributed by atoms with Gasteiger partial charge in [0.1, 0.15) is 0 Å². The van der Waals surface area contributed by atoms with Gasteiger partial charge in [-0.25, -0.2) is 0 Å². The molecule has 2 atom stereocenters. The summed E-state index contributed by atoms with van der Waals surface area (Å²) in [4.78, 5) is 23.8. The molecule has 1 aromatic carbocycles. The van der Waals surface area contributed by atoms with E-state index in [1.54, 1.807) is 24.3 Å². The zero-order chi connectivity index (χ0) is 16.7. The number of carbonyl (C=O) groups is 2. The second-order valence-electron chi connectivity index (χ2n) is 6.12. The minimum Gasteiger partial charge on any atom is -0.347 e. The van der Waals surface area contributed by atoms with Crippen LogP contribution in [0.25, 0.3) is 0 Å². The van der Waals surface area contributed by atoms with Crippen LogP contribution in [0, 0.1) is 11.8 Å². The van der Waals surface area contributed by atoms with E-state index in [4.69, 9.17) is 11.6 Å². The van der Waals surface area contributed by atoms with Gasteiger partial charge in [0, 0.05) is 17.1 Å². The molecule has 3 N–H and O–H groups in total. The van der Waals surface area contributed by atoms with Gasteiger partial charge in [-0.2, -0.15) is 0 Å². The second-order valence-corrected chi connectivity index (χ2v) is 6.56. The molecule has 5 nitrogen and oxygen atoms in total. The fourth-order valence-corrected chi connectivity index (χ4v) is 2.94. The van der Waals surface area contributed by atoms with Crippen molar-refractivity contribution in [1.82, 2.24) is 10.6 Å². The van der Waals surface area contributed by atoms with Gasteiger partial charge in [0.25, 0.3) is 0 Å². The average Bonchev–Trinajstić information content (AvgIpc) is 2.56. The SMILES string of the molecule is CC(CC(=O)NCC(=O)Nc1ccc(Cl)cc1)C1CCCNC1.Cl. The van der Waals surface area contributed by atoms with E-state index in [0.29, 0.717) is 29.0 Å². The minimum absolute atomic E-state index is 0. The Balaban J connectivity index is 0.00000288. The van der Waals surface area contributed by atoms with Crippen molar-refractivity contribution in [2.24, 2.45) is 11.8 Å². The topological polar surface area (TPSA) is 70.2 Å². The molecule has 2 unspecified atom stereocenters. The van der Waals surface area contributed by atoms with Gasteiger partial charge in [-0.1, -0.05) is 18.5 Å².